The number of amides is 1. The second-order valence-electron chi connectivity index (χ2n) is 8.26. The van der Waals surface area contributed by atoms with E-state index in [9.17, 15) is 4.79 Å². The monoisotopic (exact) mass is 387 g/mol. The van der Waals surface area contributed by atoms with Gasteiger partial charge in [0.25, 0.3) is 5.91 Å². The Hall–Kier alpha value is -2.75. The standard InChI is InChI=1S/C25H29N3O/c1-17-12-13-22-23(15-18(2)27-24(22)19(17)3)25(29)28(21-10-5-4-6-11-21)16-20-9-7-8-14-26-20/h7-9,12-15,21H,4-6,10-11,16H2,1-3H3. The van der Waals surface area contributed by atoms with Crippen molar-refractivity contribution in [3.8, 4) is 0 Å². The van der Waals surface area contributed by atoms with Gasteiger partial charge in [-0.2, -0.15) is 0 Å². The molecule has 0 saturated heterocycles. The molecule has 1 aliphatic rings. The normalized spacial score (nSPS) is 14.9. The van der Waals surface area contributed by atoms with Crippen LogP contribution in [0.3, 0.4) is 0 Å². The number of pyridine rings is 2. The van der Waals surface area contributed by atoms with Crippen molar-refractivity contribution >= 4 is 16.8 Å². The Morgan fingerprint density at radius 2 is 1.86 bits per heavy atom. The second kappa shape index (κ2) is 8.32. The number of rotatable bonds is 4. The molecule has 1 fully saturated rings. The van der Waals surface area contributed by atoms with E-state index in [0.29, 0.717) is 6.54 Å². The van der Waals surface area contributed by atoms with Gasteiger partial charge in [0.15, 0.2) is 0 Å². The number of fused-ring (bicyclic) bond motifs is 1. The summed E-state index contributed by atoms with van der Waals surface area (Å²) in [4.78, 5) is 25.2. The quantitative estimate of drug-likeness (QED) is 0.591. The van der Waals surface area contributed by atoms with Crippen LogP contribution in [0.4, 0.5) is 0 Å². The number of aryl methyl sites for hydroxylation is 3. The van der Waals surface area contributed by atoms with Gasteiger partial charge in [-0.15, -0.1) is 0 Å². The lowest BCUT2D eigenvalue weighted by Crippen LogP contribution is -2.41. The number of carbonyl (C=O) groups is 1. The van der Waals surface area contributed by atoms with Crippen molar-refractivity contribution in [3.63, 3.8) is 0 Å². The van der Waals surface area contributed by atoms with Crippen LogP contribution in [0.25, 0.3) is 10.9 Å². The molecule has 3 aromatic rings. The Morgan fingerprint density at radius 3 is 2.59 bits per heavy atom. The summed E-state index contributed by atoms with van der Waals surface area (Å²) in [6.45, 7) is 6.71. The average Bonchev–Trinajstić information content (AvgIpc) is 2.75. The summed E-state index contributed by atoms with van der Waals surface area (Å²) in [6, 6.07) is 12.3. The van der Waals surface area contributed by atoms with Gasteiger partial charge in [0.1, 0.15) is 0 Å². The lowest BCUT2D eigenvalue weighted by atomic mass is 9.93. The first-order valence-electron chi connectivity index (χ1n) is 10.6. The van der Waals surface area contributed by atoms with E-state index in [-0.39, 0.29) is 11.9 Å². The van der Waals surface area contributed by atoms with E-state index in [2.05, 4.69) is 35.9 Å². The predicted octanol–water partition coefficient (Wildman–Crippen LogP) is 5.53. The summed E-state index contributed by atoms with van der Waals surface area (Å²) in [5, 5.41) is 0.950. The summed E-state index contributed by atoms with van der Waals surface area (Å²) in [6.07, 6.45) is 7.57. The van der Waals surface area contributed by atoms with Gasteiger partial charge in [0, 0.05) is 23.3 Å². The van der Waals surface area contributed by atoms with E-state index in [0.717, 1.165) is 46.3 Å². The molecule has 0 atom stereocenters. The Balaban J connectivity index is 1.78. The van der Waals surface area contributed by atoms with Gasteiger partial charge < -0.3 is 4.90 Å². The first-order chi connectivity index (χ1) is 14.0. The molecular weight excluding hydrogens is 358 g/mol. The highest BCUT2D eigenvalue weighted by Crippen LogP contribution is 2.29. The molecule has 4 rings (SSSR count). The van der Waals surface area contributed by atoms with E-state index in [4.69, 9.17) is 4.98 Å². The van der Waals surface area contributed by atoms with E-state index in [1.54, 1.807) is 6.20 Å². The van der Waals surface area contributed by atoms with Crippen molar-refractivity contribution in [2.75, 3.05) is 0 Å². The molecule has 2 aromatic heterocycles. The molecule has 0 bridgehead atoms. The van der Waals surface area contributed by atoms with Crippen LogP contribution in [0.15, 0.2) is 42.6 Å². The number of carbonyl (C=O) groups excluding carboxylic acids is 1. The third kappa shape index (κ3) is 4.02. The van der Waals surface area contributed by atoms with Crippen LogP contribution in [0, 0.1) is 20.8 Å². The molecule has 2 heterocycles. The van der Waals surface area contributed by atoms with Crippen LogP contribution in [0.2, 0.25) is 0 Å². The minimum absolute atomic E-state index is 0.0984. The van der Waals surface area contributed by atoms with Gasteiger partial charge in [0.2, 0.25) is 0 Å². The summed E-state index contributed by atoms with van der Waals surface area (Å²) >= 11 is 0. The van der Waals surface area contributed by atoms with Crippen LogP contribution >= 0.6 is 0 Å². The second-order valence-corrected chi connectivity index (χ2v) is 8.26. The number of hydrogen-bond donors (Lipinski definition) is 0. The van der Waals surface area contributed by atoms with E-state index in [1.165, 1.54) is 24.8 Å². The molecular formula is C25H29N3O. The molecule has 4 heteroatoms. The fourth-order valence-electron chi connectivity index (χ4n) is 4.41. The largest absolute Gasteiger partial charge is 0.330 e. The zero-order chi connectivity index (χ0) is 20.4. The Kier molecular flexibility index (Phi) is 5.61. The maximum atomic E-state index is 13.9. The Labute approximate surface area is 173 Å². The average molecular weight is 388 g/mol. The third-order valence-corrected chi connectivity index (χ3v) is 6.20. The third-order valence-electron chi connectivity index (χ3n) is 6.20. The maximum Gasteiger partial charge on any atom is 0.255 e. The zero-order valence-electron chi connectivity index (χ0n) is 17.6. The van der Waals surface area contributed by atoms with Gasteiger partial charge in [-0.25, -0.2) is 0 Å². The molecule has 1 aromatic carbocycles. The molecule has 0 aliphatic heterocycles. The molecule has 150 valence electrons. The predicted molar refractivity (Wildman–Crippen MR) is 117 cm³/mol. The summed E-state index contributed by atoms with van der Waals surface area (Å²) in [7, 11) is 0. The molecule has 1 saturated carbocycles. The zero-order valence-corrected chi connectivity index (χ0v) is 17.6. The van der Waals surface area contributed by atoms with Crippen LogP contribution in [0.5, 0.6) is 0 Å². The molecule has 0 unspecified atom stereocenters. The summed E-state index contributed by atoms with van der Waals surface area (Å²) < 4.78 is 0. The van der Waals surface area contributed by atoms with E-state index < -0.39 is 0 Å². The van der Waals surface area contributed by atoms with Gasteiger partial charge in [0.05, 0.1) is 23.3 Å². The van der Waals surface area contributed by atoms with E-state index in [1.807, 2.05) is 31.2 Å². The lowest BCUT2D eigenvalue weighted by Gasteiger charge is -2.34. The SMILES string of the molecule is Cc1cc(C(=O)N(Cc2ccccn2)C2CCCCC2)c2ccc(C)c(C)c2n1. The van der Waals surface area contributed by atoms with Crippen molar-refractivity contribution in [1.82, 2.24) is 14.9 Å². The van der Waals surface area contributed by atoms with Crippen molar-refractivity contribution < 1.29 is 4.79 Å². The van der Waals surface area contributed by atoms with Crippen molar-refractivity contribution in [3.05, 3.63) is 70.7 Å². The molecule has 0 radical (unpaired) electrons. The highest BCUT2D eigenvalue weighted by molar-refractivity contribution is 6.07. The summed E-state index contributed by atoms with van der Waals surface area (Å²) in [5.41, 5.74) is 5.87. The van der Waals surface area contributed by atoms with Crippen LogP contribution in [0.1, 0.15) is 65.0 Å². The highest BCUT2D eigenvalue weighted by atomic mass is 16.2. The number of nitrogens with zero attached hydrogens (tertiary/aromatic N) is 3. The van der Waals surface area contributed by atoms with Gasteiger partial charge in [-0.1, -0.05) is 37.5 Å². The minimum atomic E-state index is 0.0984. The molecule has 0 N–H and O–H groups in total. The van der Waals surface area contributed by atoms with Gasteiger partial charge >= 0.3 is 0 Å². The highest BCUT2D eigenvalue weighted by Gasteiger charge is 2.28. The van der Waals surface area contributed by atoms with E-state index >= 15 is 0 Å². The van der Waals surface area contributed by atoms with Crippen LogP contribution in [-0.4, -0.2) is 26.8 Å². The first-order valence-corrected chi connectivity index (χ1v) is 10.6. The molecule has 29 heavy (non-hydrogen) atoms. The van der Waals surface area contributed by atoms with Crippen LogP contribution < -0.4 is 0 Å². The molecule has 1 amide bonds. The topological polar surface area (TPSA) is 46.1 Å². The Morgan fingerprint density at radius 1 is 1.07 bits per heavy atom. The first kappa shape index (κ1) is 19.6. The molecule has 0 spiro atoms. The van der Waals surface area contributed by atoms with Crippen molar-refractivity contribution in [1.29, 1.82) is 0 Å². The summed E-state index contributed by atoms with van der Waals surface area (Å²) in [5.74, 6) is 0.0984. The minimum Gasteiger partial charge on any atom is -0.330 e. The number of benzene rings is 1. The molecule has 4 nitrogen and oxygen atoms in total. The van der Waals surface area contributed by atoms with Crippen LogP contribution in [-0.2, 0) is 6.54 Å². The fourth-order valence-corrected chi connectivity index (χ4v) is 4.41. The number of aromatic nitrogens is 2. The van der Waals surface area contributed by atoms with Gasteiger partial charge in [-0.05, 0) is 62.9 Å². The van der Waals surface area contributed by atoms with Crippen molar-refractivity contribution in [2.45, 2.75) is 65.5 Å². The molecule has 1 aliphatic carbocycles. The Bertz CT molecular complexity index is 1020. The van der Waals surface area contributed by atoms with Crippen molar-refractivity contribution in [2.24, 2.45) is 0 Å². The maximum absolute atomic E-state index is 13.9. The smallest absolute Gasteiger partial charge is 0.255 e. The number of hydrogen-bond acceptors (Lipinski definition) is 3. The fraction of sp³-hybridized carbons (Fsp3) is 0.400. The lowest BCUT2D eigenvalue weighted by molar-refractivity contribution is 0.0613. The van der Waals surface area contributed by atoms with Gasteiger partial charge in [-0.3, -0.25) is 14.8 Å².